The molecule has 2 fully saturated rings. The number of hydrogen-bond donors (Lipinski definition) is 4. The smallest absolute Gasteiger partial charge is 0.235 e. The molecule has 0 unspecified atom stereocenters. The highest BCUT2D eigenvalue weighted by Gasteiger charge is 2.55. The van der Waals surface area contributed by atoms with Gasteiger partial charge in [0.25, 0.3) is 0 Å². The molecule has 168 valence electrons. The molecule has 5 rings (SSSR count). The summed E-state index contributed by atoms with van der Waals surface area (Å²) in [7, 11) is -3.90. The number of benzene rings is 1. The zero-order valence-electron chi connectivity index (χ0n) is 16.8. The average Bonchev–Trinajstić information content (AvgIpc) is 3.27. The minimum absolute atomic E-state index is 0.0346. The molecule has 2 heterocycles. The van der Waals surface area contributed by atoms with E-state index in [1.165, 1.54) is 18.2 Å². The highest BCUT2D eigenvalue weighted by molar-refractivity contribution is 7.92. The van der Waals surface area contributed by atoms with Gasteiger partial charge < -0.3 is 21.7 Å². The third-order valence-corrected chi connectivity index (χ3v) is 8.11. The number of nitrogens with zero attached hydrogens (tertiary/aromatic N) is 2. The van der Waals surface area contributed by atoms with Gasteiger partial charge in [-0.3, -0.25) is 9.59 Å². The van der Waals surface area contributed by atoms with Crippen LogP contribution in [0.3, 0.4) is 0 Å². The summed E-state index contributed by atoms with van der Waals surface area (Å²) in [5.41, 5.74) is 5.99. The molecule has 2 amide bonds. The molecule has 2 saturated carbocycles. The molecule has 1 aliphatic heterocycles. The Morgan fingerprint density at radius 3 is 2.81 bits per heavy atom. The number of halogens is 1. The van der Waals surface area contributed by atoms with Crippen LogP contribution < -0.4 is 21.7 Å². The fourth-order valence-electron chi connectivity index (χ4n) is 5.22. The molecule has 3 aliphatic rings. The van der Waals surface area contributed by atoms with E-state index in [1.807, 2.05) is 0 Å². The molecule has 10 nitrogen and oxygen atoms in total. The van der Waals surface area contributed by atoms with Crippen molar-refractivity contribution in [3.63, 3.8) is 0 Å². The van der Waals surface area contributed by atoms with Crippen molar-refractivity contribution >= 4 is 39.1 Å². The summed E-state index contributed by atoms with van der Waals surface area (Å²) in [6.07, 6.45) is 2.08. The van der Waals surface area contributed by atoms with Crippen LogP contribution in [-0.4, -0.2) is 48.0 Å². The predicted octanol–water partition coefficient (Wildman–Crippen LogP) is 0.553. The van der Waals surface area contributed by atoms with Gasteiger partial charge in [-0.05, 0) is 37.0 Å². The molecular weight excluding hydrogens is 439 g/mol. The summed E-state index contributed by atoms with van der Waals surface area (Å²) in [4.78, 5) is 32.8. The third kappa shape index (κ3) is 3.53. The van der Waals surface area contributed by atoms with Gasteiger partial charge in [-0.1, -0.05) is 6.07 Å². The minimum Gasteiger partial charge on any atom is -0.369 e. The first-order valence-electron chi connectivity index (χ1n) is 10.2. The summed E-state index contributed by atoms with van der Waals surface area (Å²) in [5, 5.41) is 8.67. The molecule has 0 spiro atoms. The van der Waals surface area contributed by atoms with Crippen molar-refractivity contribution in [1.82, 2.24) is 15.3 Å². The van der Waals surface area contributed by atoms with Crippen molar-refractivity contribution in [3.05, 3.63) is 36.3 Å². The fourth-order valence-corrected chi connectivity index (χ4v) is 6.41. The highest BCUT2D eigenvalue weighted by Crippen LogP contribution is 2.49. The number of carbonyl (C=O) groups excluding carboxylic acids is 2. The van der Waals surface area contributed by atoms with Crippen LogP contribution in [0.4, 0.5) is 21.8 Å². The number of carbonyl (C=O) groups is 2. The Labute approximate surface area is 183 Å². The maximum atomic E-state index is 14.5. The van der Waals surface area contributed by atoms with Gasteiger partial charge in [0.2, 0.25) is 17.8 Å². The van der Waals surface area contributed by atoms with Crippen molar-refractivity contribution in [2.75, 3.05) is 16.4 Å². The number of anilines is 3. The Hall–Kier alpha value is -3.28. The van der Waals surface area contributed by atoms with Crippen molar-refractivity contribution in [3.8, 4) is 0 Å². The quantitative estimate of drug-likeness (QED) is 0.481. The molecule has 2 aromatic rings. The molecule has 1 aromatic carbocycles. The lowest BCUT2D eigenvalue weighted by atomic mass is 9.81. The van der Waals surface area contributed by atoms with Gasteiger partial charge in [-0.2, -0.15) is 4.98 Å². The Morgan fingerprint density at radius 1 is 1.22 bits per heavy atom. The van der Waals surface area contributed by atoms with Crippen LogP contribution in [-0.2, 0) is 19.4 Å². The third-order valence-electron chi connectivity index (χ3n) is 6.50. The monoisotopic (exact) mass is 460 g/mol. The van der Waals surface area contributed by atoms with Crippen LogP contribution in [0.25, 0.3) is 0 Å². The van der Waals surface area contributed by atoms with Gasteiger partial charge in [-0.15, -0.1) is 0 Å². The van der Waals surface area contributed by atoms with E-state index < -0.39 is 45.2 Å². The zero-order valence-corrected chi connectivity index (χ0v) is 17.6. The largest absolute Gasteiger partial charge is 0.369 e. The van der Waals surface area contributed by atoms with Gasteiger partial charge in [-0.25, -0.2) is 17.8 Å². The van der Waals surface area contributed by atoms with Crippen LogP contribution >= 0.6 is 0 Å². The van der Waals surface area contributed by atoms with Gasteiger partial charge in [0.1, 0.15) is 5.75 Å². The first kappa shape index (κ1) is 20.6. The summed E-state index contributed by atoms with van der Waals surface area (Å²) in [6, 6.07) is 4.96. The van der Waals surface area contributed by atoms with Crippen LogP contribution in [0.15, 0.2) is 35.4 Å². The van der Waals surface area contributed by atoms with Gasteiger partial charge in [0.15, 0.2) is 21.5 Å². The first-order chi connectivity index (χ1) is 15.2. The van der Waals surface area contributed by atoms with E-state index in [2.05, 4.69) is 25.9 Å². The zero-order chi connectivity index (χ0) is 22.6. The standard InChI is InChI=1S/C20H21FN6O4S/c21-13-7-23-20-24-10-2-1-3-11(6-10)32(30,31)8-15(28)25-14-5-9-4-12(14)17(16(9)18(22)29)26-19(13)27-20/h1-3,6-7,9,12,14,16-17H,4-5,8H2,(H2,22,29)(H,25,28)(H2,23,24,26,27)/t9-,12-,14-,16+,17-/m1/s1. The number of sulfone groups is 1. The molecular formula is C20H21FN6O4S. The second-order valence-corrected chi connectivity index (χ2v) is 10.5. The number of primary amides is 1. The lowest BCUT2D eigenvalue weighted by Gasteiger charge is -2.35. The summed E-state index contributed by atoms with van der Waals surface area (Å²) in [6.45, 7) is 0. The highest BCUT2D eigenvalue weighted by atomic mass is 32.2. The number of nitrogens with one attached hydrogen (secondary N) is 3. The lowest BCUT2D eigenvalue weighted by Crippen LogP contribution is -2.52. The Bertz CT molecular complexity index is 1220. The maximum absolute atomic E-state index is 14.5. The molecule has 32 heavy (non-hydrogen) atoms. The molecule has 12 heteroatoms. The molecule has 6 bridgehead atoms. The van der Waals surface area contributed by atoms with Crippen molar-refractivity contribution in [2.24, 2.45) is 23.5 Å². The van der Waals surface area contributed by atoms with Gasteiger partial charge in [0, 0.05) is 23.7 Å². The topological polar surface area (TPSA) is 156 Å². The Balaban J connectivity index is 1.59. The van der Waals surface area contributed by atoms with Crippen molar-refractivity contribution in [1.29, 1.82) is 0 Å². The normalized spacial score (nSPS) is 30.3. The number of hydrogen-bond acceptors (Lipinski definition) is 8. The molecule has 0 radical (unpaired) electrons. The molecule has 0 saturated heterocycles. The maximum Gasteiger partial charge on any atom is 0.235 e. The van der Waals surface area contributed by atoms with Crippen molar-refractivity contribution in [2.45, 2.75) is 29.8 Å². The average molecular weight is 460 g/mol. The number of nitrogens with two attached hydrogens (primary N) is 1. The number of aromatic nitrogens is 2. The van der Waals surface area contributed by atoms with Gasteiger partial charge in [0.05, 0.1) is 17.0 Å². The molecule has 5 N–H and O–H groups in total. The lowest BCUT2D eigenvalue weighted by molar-refractivity contribution is -0.123. The number of fused-ring (bicyclic) bond motifs is 5. The Kier molecular flexibility index (Phi) is 4.77. The first-order valence-corrected chi connectivity index (χ1v) is 11.8. The van der Waals surface area contributed by atoms with E-state index in [1.54, 1.807) is 6.07 Å². The Morgan fingerprint density at radius 2 is 2.03 bits per heavy atom. The number of amides is 2. The van der Waals surface area contributed by atoms with Crippen LogP contribution in [0.1, 0.15) is 12.8 Å². The van der Waals surface area contributed by atoms with Crippen LogP contribution in [0.2, 0.25) is 0 Å². The van der Waals surface area contributed by atoms with Crippen LogP contribution in [0, 0.1) is 23.6 Å². The molecule has 5 atom stereocenters. The van der Waals surface area contributed by atoms with E-state index in [0.29, 0.717) is 18.5 Å². The summed E-state index contributed by atoms with van der Waals surface area (Å²) in [5.74, 6) is -3.51. The second kappa shape index (κ2) is 7.40. The second-order valence-electron chi connectivity index (χ2n) is 8.47. The van der Waals surface area contributed by atoms with Gasteiger partial charge >= 0.3 is 0 Å². The predicted molar refractivity (Wildman–Crippen MR) is 112 cm³/mol. The van der Waals surface area contributed by atoms with Crippen LogP contribution in [0.5, 0.6) is 0 Å². The summed E-state index contributed by atoms with van der Waals surface area (Å²) < 4.78 is 40.1. The summed E-state index contributed by atoms with van der Waals surface area (Å²) >= 11 is 0. The van der Waals surface area contributed by atoms with E-state index in [-0.39, 0.29) is 34.5 Å². The molecule has 2 aliphatic carbocycles. The van der Waals surface area contributed by atoms with E-state index in [9.17, 15) is 22.4 Å². The minimum atomic E-state index is -3.90. The van der Waals surface area contributed by atoms with Crippen molar-refractivity contribution < 1.29 is 22.4 Å². The number of rotatable bonds is 1. The van der Waals surface area contributed by atoms with E-state index in [0.717, 1.165) is 6.20 Å². The molecule has 1 aromatic heterocycles. The SMILES string of the molecule is NC(=O)[C@H]1[C@@H]2C[C@H]3[C@H]1Nc1nc(ncc1F)Nc1cccc(c1)S(=O)(=O)CC(=O)N[C@@H]3C2. The fraction of sp³-hybridized carbons (Fsp3) is 0.400. The van der Waals surface area contributed by atoms with E-state index in [4.69, 9.17) is 5.73 Å². The van der Waals surface area contributed by atoms with E-state index >= 15 is 0 Å².